The Morgan fingerprint density at radius 1 is 1.31 bits per heavy atom. The molecule has 3 aromatic rings. The minimum Gasteiger partial charge on any atom is -0.379 e. The van der Waals surface area contributed by atoms with Crippen LogP contribution in [-0.4, -0.2) is 55.2 Å². The van der Waals surface area contributed by atoms with E-state index in [-0.39, 0.29) is 5.91 Å². The van der Waals surface area contributed by atoms with Crippen LogP contribution in [0.1, 0.15) is 15.2 Å². The predicted octanol–water partition coefficient (Wildman–Crippen LogP) is 3.47. The van der Waals surface area contributed by atoms with Crippen molar-refractivity contribution in [3.63, 3.8) is 0 Å². The number of morpholine rings is 1. The Labute approximate surface area is 160 Å². The first kappa shape index (κ1) is 17.7. The van der Waals surface area contributed by atoms with Gasteiger partial charge in [-0.05, 0) is 25.1 Å². The van der Waals surface area contributed by atoms with Crippen LogP contribution in [0.25, 0.3) is 21.0 Å². The Hall–Kier alpha value is -1.73. The molecule has 0 aliphatic carbocycles. The standard InChI is InChI=1S/C19H20ClN3O2S/c1-12-2-3-15-13(10-12)17-14(18(20)22-15)11-16(26-17)19(24)21-4-5-23-6-8-25-9-7-23/h2-3,10-11H,4-9H2,1H3,(H,21,24). The molecule has 0 saturated carbocycles. The SMILES string of the molecule is Cc1ccc2nc(Cl)c3cc(C(=O)NCCN4CCOCC4)sc3c2c1. The highest BCUT2D eigenvalue weighted by molar-refractivity contribution is 7.21. The van der Waals surface area contributed by atoms with Gasteiger partial charge in [-0.2, -0.15) is 0 Å². The number of ether oxygens (including phenoxy) is 1. The summed E-state index contributed by atoms with van der Waals surface area (Å²) in [4.78, 5) is 20.0. The number of amides is 1. The van der Waals surface area contributed by atoms with E-state index < -0.39 is 0 Å². The fourth-order valence-electron chi connectivity index (χ4n) is 3.19. The van der Waals surface area contributed by atoms with Crippen LogP contribution >= 0.6 is 22.9 Å². The van der Waals surface area contributed by atoms with Gasteiger partial charge in [0.05, 0.1) is 23.6 Å². The van der Waals surface area contributed by atoms with E-state index in [1.165, 1.54) is 11.3 Å². The third kappa shape index (κ3) is 3.55. The molecule has 0 radical (unpaired) electrons. The van der Waals surface area contributed by atoms with Crippen molar-refractivity contribution in [1.29, 1.82) is 0 Å². The number of nitrogens with one attached hydrogen (secondary N) is 1. The third-order valence-electron chi connectivity index (χ3n) is 4.61. The number of aromatic nitrogens is 1. The third-order valence-corrected chi connectivity index (χ3v) is 6.07. The van der Waals surface area contributed by atoms with Gasteiger partial charge in [0.15, 0.2) is 0 Å². The summed E-state index contributed by atoms with van der Waals surface area (Å²) in [6.45, 7) is 6.89. The van der Waals surface area contributed by atoms with Crippen molar-refractivity contribution in [3.8, 4) is 0 Å². The number of fused-ring (bicyclic) bond motifs is 3. The molecule has 5 nitrogen and oxygen atoms in total. The Balaban J connectivity index is 1.54. The van der Waals surface area contributed by atoms with Crippen molar-refractivity contribution >= 4 is 49.8 Å². The van der Waals surface area contributed by atoms with E-state index >= 15 is 0 Å². The largest absolute Gasteiger partial charge is 0.379 e. The van der Waals surface area contributed by atoms with Crippen molar-refractivity contribution in [3.05, 3.63) is 39.9 Å². The molecule has 26 heavy (non-hydrogen) atoms. The number of thiophene rings is 1. The van der Waals surface area contributed by atoms with Gasteiger partial charge in [-0.15, -0.1) is 11.3 Å². The number of nitrogens with zero attached hydrogens (tertiary/aromatic N) is 2. The van der Waals surface area contributed by atoms with Gasteiger partial charge in [0.1, 0.15) is 5.15 Å². The molecule has 1 fully saturated rings. The molecule has 136 valence electrons. The lowest BCUT2D eigenvalue weighted by molar-refractivity contribution is 0.0383. The summed E-state index contributed by atoms with van der Waals surface area (Å²) in [5, 5.41) is 5.34. The summed E-state index contributed by atoms with van der Waals surface area (Å²) in [6, 6.07) is 7.93. The van der Waals surface area contributed by atoms with Gasteiger partial charge in [-0.1, -0.05) is 23.2 Å². The molecule has 1 N–H and O–H groups in total. The lowest BCUT2D eigenvalue weighted by Crippen LogP contribution is -2.41. The number of pyridine rings is 1. The van der Waals surface area contributed by atoms with E-state index in [0.717, 1.165) is 59.4 Å². The van der Waals surface area contributed by atoms with Gasteiger partial charge in [0, 0.05) is 41.7 Å². The normalized spacial score (nSPS) is 15.6. The number of aryl methyl sites for hydroxylation is 1. The zero-order valence-corrected chi connectivity index (χ0v) is 16.1. The monoisotopic (exact) mass is 389 g/mol. The van der Waals surface area contributed by atoms with E-state index in [2.05, 4.69) is 21.3 Å². The van der Waals surface area contributed by atoms with E-state index in [1.54, 1.807) is 0 Å². The molecule has 0 bridgehead atoms. The highest BCUT2D eigenvalue weighted by Crippen LogP contribution is 2.36. The van der Waals surface area contributed by atoms with Gasteiger partial charge in [0.2, 0.25) is 0 Å². The zero-order valence-electron chi connectivity index (χ0n) is 14.5. The first-order valence-electron chi connectivity index (χ1n) is 8.69. The maximum atomic E-state index is 12.6. The summed E-state index contributed by atoms with van der Waals surface area (Å²) < 4.78 is 6.35. The second kappa shape index (κ2) is 7.48. The summed E-state index contributed by atoms with van der Waals surface area (Å²) >= 11 is 7.82. The summed E-state index contributed by atoms with van der Waals surface area (Å²) in [5.74, 6) is -0.0590. The number of hydrogen-bond acceptors (Lipinski definition) is 5. The molecular weight excluding hydrogens is 370 g/mol. The average molecular weight is 390 g/mol. The molecule has 1 aliphatic heterocycles. The van der Waals surface area contributed by atoms with E-state index in [4.69, 9.17) is 16.3 Å². The van der Waals surface area contributed by atoms with Crippen molar-refractivity contribution in [2.24, 2.45) is 0 Å². The zero-order chi connectivity index (χ0) is 18.1. The van der Waals surface area contributed by atoms with E-state index in [1.807, 2.05) is 25.1 Å². The molecule has 0 unspecified atom stereocenters. The van der Waals surface area contributed by atoms with Gasteiger partial charge in [-0.25, -0.2) is 4.98 Å². The predicted molar refractivity (Wildman–Crippen MR) is 106 cm³/mol. The van der Waals surface area contributed by atoms with Crippen molar-refractivity contribution in [2.45, 2.75) is 6.92 Å². The quantitative estimate of drug-likeness (QED) is 0.694. The number of carbonyl (C=O) groups is 1. The highest BCUT2D eigenvalue weighted by atomic mass is 35.5. The Morgan fingerprint density at radius 3 is 2.92 bits per heavy atom. The smallest absolute Gasteiger partial charge is 0.261 e. The van der Waals surface area contributed by atoms with E-state index in [9.17, 15) is 4.79 Å². The van der Waals surface area contributed by atoms with Crippen LogP contribution < -0.4 is 5.32 Å². The number of halogens is 1. The van der Waals surface area contributed by atoms with Crippen LogP contribution in [0.3, 0.4) is 0 Å². The first-order valence-corrected chi connectivity index (χ1v) is 9.89. The fourth-order valence-corrected chi connectivity index (χ4v) is 4.59. The van der Waals surface area contributed by atoms with Crippen molar-refractivity contribution in [1.82, 2.24) is 15.2 Å². The Bertz CT molecular complexity index is 966. The maximum Gasteiger partial charge on any atom is 0.261 e. The summed E-state index contributed by atoms with van der Waals surface area (Å²) in [5.41, 5.74) is 2.02. The number of hydrogen-bond donors (Lipinski definition) is 1. The van der Waals surface area contributed by atoms with Crippen LogP contribution in [0.2, 0.25) is 5.15 Å². The second-order valence-electron chi connectivity index (χ2n) is 6.49. The molecule has 0 spiro atoms. The van der Waals surface area contributed by atoms with Crippen molar-refractivity contribution < 1.29 is 9.53 Å². The molecule has 4 rings (SSSR count). The molecule has 0 atom stereocenters. The minimum atomic E-state index is -0.0590. The van der Waals surface area contributed by atoms with Crippen molar-refractivity contribution in [2.75, 3.05) is 39.4 Å². The van der Waals surface area contributed by atoms with Crippen LogP contribution in [0, 0.1) is 6.92 Å². The van der Waals surface area contributed by atoms with Gasteiger partial charge in [-0.3, -0.25) is 9.69 Å². The van der Waals surface area contributed by atoms with Gasteiger partial charge >= 0.3 is 0 Å². The minimum absolute atomic E-state index is 0.0590. The van der Waals surface area contributed by atoms with Crippen LogP contribution in [0.5, 0.6) is 0 Å². The lowest BCUT2D eigenvalue weighted by atomic mass is 10.1. The Morgan fingerprint density at radius 2 is 2.12 bits per heavy atom. The van der Waals surface area contributed by atoms with Gasteiger partial charge in [0.25, 0.3) is 5.91 Å². The molecule has 3 heterocycles. The summed E-state index contributed by atoms with van der Waals surface area (Å²) in [6.07, 6.45) is 0. The molecule has 1 saturated heterocycles. The maximum absolute atomic E-state index is 12.6. The topological polar surface area (TPSA) is 54.5 Å². The Kier molecular flexibility index (Phi) is 5.09. The van der Waals surface area contributed by atoms with E-state index in [0.29, 0.717) is 16.6 Å². The first-order chi connectivity index (χ1) is 12.6. The molecule has 7 heteroatoms. The molecule has 2 aromatic heterocycles. The van der Waals surface area contributed by atoms with Crippen LogP contribution in [0.15, 0.2) is 24.3 Å². The molecule has 1 amide bonds. The number of rotatable bonds is 4. The molecule has 1 aromatic carbocycles. The average Bonchev–Trinajstić information content (AvgIpc) is 3.10. The number of benzene rings is 1. The summed E-state index contributed by atoms with van der Waals surface area (Å²) in [7, 11) is 0. The number of carbonyl (C=O) groups excluding carboxylic acids is 1. The fraction of sp³-hybridized carbons (Fsp3) is 0.368. The molecule has 1 aliphatic rings. The van der Waals surface area contributed by atoms with Crippen LogP contribution in [0.4, 0.5) is 0 Å². The highest BCUT2D eigenvalue weighted by Gasteiger charge is 2.16. The van der Waals surface area contributed by atoms with Gasteiger partial charge < -0.3 is 10.1 Å². The van der Waals surface area contributed by atoms with Crippen LogP contribution in [-0.2, 0) is 4.74 Å². The second-order valence-corrected chi connectivity index (χ2v) is 7.90. The molecular formula is C19H20ClN3O2S. The lowest BCUT2D eigenvalue weighted by Gasteiger charge is -2.26.